The summed E-state index contributed by atoms with van der Waals surface area (Å²) in [6, 6.07) is 9.38. The van der Waals surface area contributed by atoms with Crippen molar-refractivity contribution in [2.45, 2.75) is 6.54 Å². The summed E-state index contributed by atoms with van der Waals surface area (Å²) in [5.74, 6) is -1.20. The number of carbonyl (C=O) groups is 1. The summed E-state index contributed by atoms with van der Waals surface area (Å²) in [6.07, 6.45) is 1.36. The fourth-order valence-electron chi connectivity index (χ4n) is 1.62. The van der Waals surface area contributed by atoms with Crippen LogP contribution < -0.4 is 5.32 Å². The number of anilines is 1. The van der Waals surface area contributed by atoms with Gasteiger partial charge in [0.25, 0.3) is 0 Å². The van der Waals surface area contributed by atoms with Crippen LogP contribution in [0.2, 0.25) is 0 Å². The first-order valence-electron chi connectivity index (χ1n) is 5.73. The molecule has 1 heterocycles. The van der Waals surface area contributed by atoms with Gasteiger partial charge in [-0.25, -0.2) is 4.79 Å². The van der Waals surface area contributed by atoms with Gasteiger partial charge in [0.05, 0.1) is 11.3 Å². The third-order valence-corrected chi connectivity index (χ3v) is 2.61. The van der Waals surface area contributed by atoms with Crippen LogP contribution in [0, 0.1) is 10.1 Å². The first kappa shape index (κ1) is 13.5. The van der Waals surface area contributed by atoms with Gasteiger partial charge in [-0.15, -0.1) is 0 Å². The molecule has 0 aliphatic heterocycles. The van der Waals surface area contributed by atoms with Crippen molar-refractivity contribution in [2.24, 2.45) is 0 Å². The van der Waals surface area contributed by atoms with E-state index < -0.39 is 10.9 Å². The number of aromatic carboxylic acids is 1. The Bertz CT molecular complexity index is 640. The predicted molar refractivity (Wildman–Crippen MR) is 71.6 cm³/mol. The molecule has 0 aliphatic rings. The number of pyridine rings is 1. The number of carboxylic acids is 1. The monoisotopic (exact) mass is 273 g/mol. The molecule has 2 aromatic rings. The fraction of sp³-hybridized carbons (Fsp3) is 0.0769. The van der Waals surface area contributed by atoms with Crippen molar-refractivity contribution in [3.05, 3.63) is 63.8 Å². The molecule has 0 saturated heterocycles. The summed E-state index contributed by atoms with van der Waals surface area (Å²) in [7, 11) is 0. The Morgan fingerprint density at radius 3 is 2.75 bits per heavy atom. The topological polar surface area (TPSA) is 105 Å². The molecule has 0 spiro atoms. The Kier molecular flexibility index (Phi) is 3.90. The molecule has 0 bridgehead atoms. The molecule has 0 fully saturated rings. The van der Waals surface area contributed by atoms with Gasteiger partial charge in [-0.3, -0.25) is 0 Å². The molecule has 0 aliphatic carbocycles. The lowest BCUT2D eigenvalue weighted by Gasteiger charge is -2.05. The number of hydrogen-bond donors (Lipinski definition) is 2. The quantitative estimate of drug-likeness (QED) is 0.639. The number of carboxylic acid groups (broad SMARTS) is 1. The highest BCUT2D eigenvalue weighted by molar-refractivity contribution is 5.87. The molecule has 0 saturated carbocycles. The second-order valence-electron chi connectivity index (χ2n) is 4.02. The van der Waals surface area contributed by atoms with Crippen molar-refractivity contribution >= 4 is 17.5 Å². The number of nitrogens with zero attached hydrogens (tertiary/aromatic N) is 2. The summed E-state index contributed by atoms with van der Waals surface area (Å²) in [5.41, 5.74) is 1.63. The number of aromatic nitrogens is 1. The minimum Gasteiger partial charge on any atom is -0.478 e. The van der Waals surface area contributed by atoms with Crippen molar-refractivity contribution in [3.8, 4) is 0 Å². The van der Waals surface area contributed by atoms with Crippen LogP contribution >= 0.6 is 0 Å². The van der Waals surface area contributed by atoms with E-state index in [1.807, 2.05) is 0 Å². The van der Waals surface area contributed by atoms with Crippen LogP contribution in [0.4, 0.5) is 11.5 Å². The van der Waals surface area contributed by atoms with Gasteiger partial charge in [0.1, 0.15) is 0 Å². The molecule has 7 nitrogen and oxygen atoms in total. The minimum absolute atomic E-state index is 0.214. The van der Waals surface area contributed by atoms with Crippen LogP contribution in [-0.4, -0.2) is 21.0 Å². The zero-order valence-electron chi connectivity index (χ0n) is 10.3. The van der Waals surface area contributed by atoms with Gasteiger partial charge in [0.15, 0.2) is 6.20 Å². The van der Waals surface area contributed by atoms with Crippen molar-refractivity contribution in [1.82, 2.24) is 4.98 Å². The van der Waals surface area contributed by atoms with E-state index in [1.165, 1.54) is 18.3 Å². The average Bonchev–Trinajstić information content (AvgIpc) is 2.46. The Morgan fingerprint density at radius 1 is 1.35 bits per heavy atom. The highest BCUT2D eigenvalue weighted by atomic mass is 16.6. The second kappa shape index (κ2) is 5.79. The third kappa shape index (κ3) is 3.29. The van der Waals surface area contributed by atoms with Crippen LogP contribution in [0.25, 0.3) is 0 Å². The van der Waals surface area contributed by atoms with Gasteiger partial charge in [0.2, 0.25) is 0 Å². The molecular weight excluding hydrogens is 262 g/mol. The molecule has 2 rings (SSSR count). The van der Waals surface area contributed by atoms with E-state index >= 15 is 0 Å². The first-order valence-corrected chi connectivity index (χ1v) is 5.73. The molecule has 20 heavy (non-hydrogen) atoms. The smallest absolute Gasteiger partial charge is 0.363 e. The summed E-state index contributed by atoms with van der Waals surface area (Å²) >= 11 is 0. The van der Waals surface area contributed by atoms with Crippen molar-refractivity contribution in [2.75, 3.05) is 5.32 Å². The maximum Gasteiger partial charge on any atom is 0.363 e. The molecule has 1 aromatic heterocycles. The molecular formula is C13H11N3O4. The Morgan fingerprint density at radius 2 is 2.15 bits per heavy atom. The predicted octanol–water partition coefficient (Wildman–Crippen LogP) is 2.30. The average molecular weight is 273 g/mol. The molecule has 0 unspecified atom stereocenters. The van der Waals surface area contributed by atoms with Gasteiger partial charge in [-0.05, 0) is 33.7 Å². The van der Waals surface area contributed by atoms with Crippen LogP contribution in [0.15, 0.2) is 42.6 Å². The van der Waals surface area contributed by atoms with Crippen LogP contribution in [-0.2, 0) is 6.54 Å². The molecule has 0 amide bonds. The molecule has 7 heteroatoms. The molecule has 102 valence electrons. The summed E-state index contributed by atoms with van der Waals surface area (Å²) in [6.45, 7) is 0.403. The maximum atomic E-state index is 10.8. The summed E-state index contributed by atoms with van der Waals surface area (Å²) in [5, 5.41) is 22.4. The van der Waals surface area contributed by atoms with Crippen LogP contribution in [0.1, 0.15) is 15.9 Å². The number of hydrogen-bond acceptors (Lipinski definition) is 5. The van der Waals surface area contributed by atoms with Gasteiger partial charge < -0.3 is 20.5 Å². The minimum atomic E-state index is -0.983. The van der Waals surface area contributed by atoms with E-state index in [2.05, 4.69) is 10.3 Å². The highest BCUT2D eigenvalue weighted by Gasteiger charge is 2.06. The zero-order chi connectivity index (χ0) is 14.5. The first-order chi connectivity index (χ1) is 9.56. The molecule has 2 N–H and O–H groups in total. The van der Waals surface area contributed by atoms with Crippen molar-refractivity contribution in [3.63, 3.8) is 0 Å². The molecule has 0 radical (unpaired) electrons. The molecule has 0 atom stereocenters. The Labute approximate surface area is 114 Å². The standard InChI is InChI=1S/C13H11N3O4/c17-13(18)10-3-1-2-9(6-10)7-14-11-4-5-12(15-8-11)16(19)20/h1-6,8,14H,7H2,(H,17,18). The Hall–Kier alpha value is -2.96. The number of nitro groups is 1. The lowest BCUT2D eigenvalue weighted by atomic mass is 10.1. The van der Waals surface area contributed by atoms with Crippen molar-refractivity contribution < 1.29 is 14.8 Å². The zero-order valence-corrected chi connectivity index (χ0v) is 10.3. The van der Waals surface area contributed by atoms with E-state index in [1.54, 1.807) is 24.3 Å². The Balaban J connectivity index is 2.03. The fourth-order valence-corrected chi connectivity index (χ4v) is 1.62. The van der Waals surface area contributed by atoms with Crippen LogP contribution in [0.5, 0.6) is 0 Å². The van der Waals surface area contributed by atoms with Gasteiger partial charge >= 0.3 is 11.8 Å². The molecule has 1 aromatic carbocycles. The van der Waals surface area contributed by atoms with Gasteiger partial charge in [-0.1, -0.05) is 12.1 Å². The normalized spacial score (nSPS) is 10.0. The second-order valence-corrected chi connectivity index (χ2v) is 4.02. The van der Waals surface area contributed by atoms with E-state index in [0.29, 0.717) is 12.2 Å². The summed E-state index contributed by atoms with van der Waals surface area (Å²) in [4.78, 5) is 24.4. The van der Waals surface area contributed by atoms with Crippen molar-refractivity contribution in [1.29, 1.82) is 0 Å². The lowest BCUT2D eigenvalue weighted by Crippen LogP contribution is -2.03. The third-order valence-electron chi connectivity index (χ3n) is 2.61. The van der Waals surface area contributed by atoms with Gasteiger partial charge in [0, 0.05) is 12.6 Å². The van der Waals surface area contributed by atoms with E-state index in [0.717, 1.165) is 5.56 Å². The van der Waals surface area contributed by atoms with Gasteiger partial charge in [-0.2, -0.15) is 0 Å². The van der Waals surface area contributed by atoms with E-state index in [-0.39, 0.29) is 11.4 Å². The van der Waals surface area contributed by atoms with E-state index in [9.17, 15) is 14.9 Å². The number of nitrogens with one attached hydrogen (secondary N) is 1. The SMILES string of the molecule is O=C(O)c1cccc(CNc2ccc([N+](=O)[O-])nc2)c1. The summed E-state index contributed by atoms with van der Waals surface area (Å²) < 4.78 is 0. The number of rotatable bonds is 5. The maximum absolute atomic E-state index is 10.8. The largest absolute Gasteiger partial charge is 0.478 e. The van der Waals surface area contributed by atoms with Crippen LogP contribution in [0.3, 0.4) is 0 Å². The van der Waals surface area contributed by atoms with E-state index in [4.69, 9.17) is 5.11 Å². The lowest BCUT2D eigenvalue weighted by molar-refractivity contribution is -0.389. The number of benzene rings is 1. The highest BCUT2D eigenvalue weighted by Crippen LogP contribution is 2.13.